The van der Waals surface area contributed by atoms with Crippen molar-refractivity contribution in [2.75, 3.05) is 0 Å². The Balaban J connectivity index is 2.38. The van der Waals surface area contributed by atoms with E-state index < -0.39 is 0 Å². The summed E-state index contributed by atoms with van der Waals surface area (Å²) >= 11 is 0. The first-order valence-electron chi connectivity index (χ1n) is 5.45. The normalized spacial score (nSPS) is 17.6. The lowest BCUT2D eigenvalue weighted by atomic mass is 9.91. The van der Waals surface area contributed by atoms with Crippen molar-refractivity contribution in [1.82, 2.24) is 0 Å². The fourth-order valence-corrected chi connectivity index (χ4v) is 2.49. The molecule has 2 rings (SSSR count). The highest BCUT2D eigenvalue weighted by Gasteiger charge is 2.19. The van der Waals surface area contributed by atoms with E-state index in [-0.39, 0.29) is 5.82 Å². The summed E-state index contributed by atoms with van der Waals surface area (Å²) in [6.07, 6.45) is 5.24. The van der Waals surface area contributed by atoms with Crippen molar-refractivity contribution < 1.29 is 4.39 Å². The summed E-state index contributed by atoms with van der Waals surface area (Å²) in [7, 11) is 0. The lowest BCUT2D eigenvalue weighted by molar-refractivity contribution is 0.612. The molecular formula is C13H17F. The van der Waals surface area contributed by atoms with Gasteiger partial charge in [0, 0.05) is 0 Å². The fraction of sp³-hybridized carbons (Fsp3) is 0.538. The van der Waals surface area contributed by atoms with Crippen molar-refractivity contribution in [3.05, 3.63) is 34.6 Å². The number of hydrogen-bond donors (Lipinski definition) is 0. The molecule has 76 valence electrons. The second-order valence-corrected chi connectivity index (χ2v) is 4.37. The molecule has 0 atom stereocenters. The Morgan fingerprint density at radius 3 is 2.36 bits per heavy atom. The van der Waals surface area contributed by atoms with Crippen molar-refractivity contribution in [2.24, 2.45) is 0 Å². The maximum Gasteiger partial charge on any atom is 0.126 e. The largest absolute Gasteiger partial charge is 0.207 e. The molecule has 0 aromatic heterocycles. The average Bonchev–Trinajstić information content (AvgIpc) is 2.67. The van der Waals surface area contributed by atoms with E-state index in [0.29, 0.717) is 5.92 Å². The summed E-state index contributed by atoms with van der Waals surface area (Å²) in [6, 6.07) is 3.60. The molecule has 14 heavy (non-hydrogen) atoms. The fourth-order valence-electron chi connectivity index (χ4n) is 2.49. The van der Waals surface area contributed by atoms with Gasteiger partial charge in [0.05, 0.1) is 0 Å². The molecule has 1 heteroatoms. The Bertz CT molecular complexity index is 335. The highest BCUT2D eigenvalue weighted by Crippen LogP contribution is 2.36. The average molecular weight is 192 g/mol. The maximum absolute atomic E-state index is 13.2. The van der Waals surface area contributed by atoms with E-state index in [0.717, 1.165) is 11.1 Å². The number of benzene rings is 1. The third-order valence-corrected chi connectivity index (χ3v) is 3.56. The molecule has 1 aromatic carbocycles. The SMILES string of the molecule is Cc1c(F)ccc(C2CCCC2)c1C. The van der Waals surface area contributed by atoms with Gasteiger partial charge in [0.2, 0.25) is 0 Å². The zero-order valence-corrected chi connectivity index (χ0v) is 8.94. The van der Waals surface area contributed by atoms with E-state index >= 15 is 0 Å². The predicted octanol–water partition coefficient (Wildman–Crippen LogP) is 4.10. The molecule has 0 nitrogen and oxygen atoms in total. The highest BCUT2D eigenvalue weighted by atomic mass is 19.1. The minimum atomic E-state index is -0.0655. The van der Waals surface area contributed by atoms with Gasteiger partial charge in [0.15, 0.2) is 0 Å². The molecule has 0 amide bonds. The molecule has 1 saturated carbocycles. The van der Waals surface area contributed by atoms with Crippen LogP contribution in [0.3, 0.4) is 0 Å². The van der Waals surface area contributed by atoms with Crippen LogP contribution in [0, 0.1) is 19.7 Å². The Morgan fingerprint density at radius 2 is 1.71 bits per heavy atom. The van der Waals surface area contributed by atoms with Crippen molar-refractivity contribution in [3.63, 3.8) is 0 Å². The molecular weight excluding hydrogens is 175 g/mol. The van der Waals surface area contributed by atoms with E-state index in [4.69, 9.17) is 0 Å². The molecule has 0 unspecified atom stereocenters. The minimum absolute atomic E-state index is 0.0655. The molecule has 0 N–H and O–H groups in total. The van der Waals surface area contributed by atoms with Crippen molar-refractivity contribution >= 4 is 0 Å². The summed E-state index contributed by atoms with van der Waals surface area (Å²) < 4.78 is 13.2. The highest BCUT2D eigenvalue weighted by molar-refractivity contribution is 5.37. The van der Waals surface area contributed by atoms with Crippen LogP contribution >= 0.6 is 0 Å². The van der Waals surface area contributed by atoms with E-state index in [9.17, 15) is 4.39 Å². The summed E-state index contributed by atoms with van der Waals surface area (Å²) in [5.74, 6) is 0.624. The summed E-state index contributed by atoms with van der Waals surface area (Å²) in [5.41, 5.74) is 3.37. The minimum Gasteiger partial charge on any atom is -0.207 e. The molecule has 1 aliphatic rings. The second-order valence-electron chi connectivity index (χ2n) is 4.37. The lowest BCUT2D eigenvalue weighted by Gasteiger charge is -2.15. The molecule has 0 spiro atoms. The van der Waals surface area contributed by atoms with Gasteiger partial charge in [-0.1, -0.05) is 18.9 Å². The summed E-state index contributed by atoms with van der Waals surface area (Å²) in [6.45, 7) is 3.93. The second kappa shape index (κ2) is 3.72. The third kappa shape index (κ3) is 1.56. The number of hydrogen-bond acceptors (Lipinski definition) is 0. The van der Waals surface area contributed by atoms with Crippen LogP contribution in [0.25, 0.3) is 0 Å². The lowest BCUT2D eigenvalue weighted by Crippen LogP contribution is -1.99. The maximum atomic E-state index is 13.2. The molecule has 0 saturated heterocycles. The Morgan fingerprint density at radius 1 is 1.07 bits per heavy atom. The summed E-state index contributed by atoms with van der Waals surface area (Å²) in [4.78, 5) is 0. The Labute approximate surface area is 85.1 Å². The van der Waals surface area contributed by atoms with E-state index in [1.165, 1.54) is 31.2 Å². The molecule has 0 heterocycles. The van der Waals surface area contributed by atoms with Crippen LogP contribution in [-0.4, -0.2) is 0 Å². The molecule has 0 radical (unpaired) electrons. The first-order valence-corrected chi connectivity index (χ1v) is 5.45. The van der Waals surface area contributed by atoms with Gasteiger partial charge >= 0.3 is 0 Å². The van der Waals surface area contributed by atoms with Crippen molar-refractivity contribution in [3.8, 4) is 0 Å². The van der Waals surface area contributed by atoms with Crippen LogP contribution in [0.15, 0.2) is 12.1 Å². The number of halogens is 1. The van der Waals surface area contributed by atoms with Crippen LogP contribution in [0.2, 0.25) is 0 Å². The smallest absolute Gasteiger partial charge is 0.126 e. The van der Waals surface area contributed by atoms with Crippen LogP contribution in [0.4, 0.5) is 4.39 Å². The first kappa shape index (κ1) is 9.70. The standard InChI is InChI=1S/C13H17F/c1-9-10(2)13(14)8-7-12(9)11-5-3-4-6-11/h7-8,11H,3-6H2,1-2H3. The number of rotatable bonds is 1. The van der Waals surface area contributed by atoms with Gasteiger partial charge < -0.3 is 0 Å². The Kier molecular flexibility index (Phi) is 2.58. The summed E-state index contributed by atoms with van der Waals surface area (Å²) in [5, 5.41) is 0. The van der Waals surface area contributed by atoms with Crippen molar-refractivity contribution in [2.45, 2.75) is 45.4 Å². The van der Waals surface area contributed by atoms with Crippen LogP contribution in [0.5, 0.6) is 0 Å². The first-order chi connectivity index (χ1) is 6.70. The van der Waals surface area contributed by atoms with E-state index in [1.54, 1.807) is 6.07 Å². The van der Waals surface area contributed by atoms with E-state index in [1.807, 2.05) is 19.9 Å². The van der Waals surface area contributed by atoms with Gasteiger partial charge in [0.25, 0.3) is 0 Å². The quantitative estimate of drug-likeness (QED) is 0.628. The van der Waals surface area contributed by atoms with Gasteiger partial charge in [-0.05, 0) is 55.4 Å². The molecule has 1 aliphatic carbocycles. The van der Waals surface area contributed by atoms with Gasteiger partial charge in [-0.25, -0.2) is 4.39 Å². The third-order valence-electron chi connectivity index (χ3n) is 3.56. The molecule has 0 bridgehead atoms. The van der Waals surface area contributed by atoms with Crippen LogP contribution in [0.1, 0.15) is 48.3 Å². The van der Waals surface area contributed by atoms with Crippen LogP contribution in [-0.2, 0) is 0 Å². The topological polar surface area (TPSA) is 0 Å². The zero-order chi connectivity index (χ0) is 10.1. The Hall–Kier alpha value is -0.850. The van der Waals surface area contributed by atoms with Gasteiger partial charge in [-0.3, -0.25) is 0 Å². The predicted molar refractivity (Wildman–Crippen MR) is 57.1 cm³/mol. The molecule has 1 fully saturated rings. The van der Waals surface area contributed by atoms with Gasteiger partial charge in [0.1, 0.15) is 5.82 Å². The molecule has 1 aromatic rings. The van der Waals surface area contributed by atoms with Crippen LogP contribution < -0.4 is 0 Å². The van der Waals surface area contributed by atoms with Crippen molar-refractivity contribution in [1.29, 1.82) is 0 Å². The van der Waals surface area contributed by atoms with Gasteiger partial charge in [-0.2, -0.15) is 0 Å². The zero-order valence-electron chi connectivity index (χ0n) is 8.94. The van der Waals surface area contributed by atoms with Gasteiger partial charge in [-0.15, -0.1) is 0 Å². The molecule has 0 aliphatic heterocycles. The monoisotopic (exact) mass is 192 g/mol. The van der Waals surface area contributed by atoms with E-state index in [2.05, 4.69) is 0 Å².